The van der Waals surface area contributed by atoms with Crippen LogP contribution in [0.25, 0.3) is 11.5 Å². The maximum absolute atomic E-state index is 5.74. The first-order valence-corrected chi connectivity index (χ1v) is 6.73. The topological polar surface area (TPSA) is 64.9 Å². The third-order valence-corrected chi connectivity index (χ3v) is 3.35. The summed E-state index contributed by atoms with van der Waals surface area (Å²) in [7, 11) is 0. The average Bonchev–Trinajstić information content (AvgIpc) is 2.79. The minimum absolute atomic E-state index is 0.537. The van der Waals surface area contributed by atoms with Gasteiger partial charge in [-0.25, -0.2) is 0 Å². The van der Waals surface area contributed by atoms with Crippen LogP contribution in [0.1, 0.15) is 26.1 Å². The van der Waals surface area contributed by atoms with Gasteiger partial charge < -0.3 is 10.3 Å². The first-order chi connectivity index (χ1) is 8.56. The number of hydrogen-bond acceptors (Lipinski definition) is 4. The normalized spacial score (nSPS) is 11.1. The van der Waals surface area contributed by atoms with Crippen LogP contribution in [0.3, 0.4) is 0 Å². The van der Waals surface area contributed by atoms with Gasteiger partial charge in [-0.05, 0) is 46.5 Å². The Balaban J connectivity index is 2.16. The van der Waals surface area contributed by atoms with Crippen molar-refractivity contribution in [1.82, 2.24) is 10.1 Å². The molecule has 0 fully saturated rings. The van der Waals surface area contributed by atoms with Gasteiger partial charge >= 0.3 is 0 Å². The molecule has 0 atom stereocenters. The van der Waals surface area contributed by atoms with Crippen LogP contribution in [0.15, 0.2) is 27.2 Å². The summed E-state index contributed by atoms with van der Waals surface area (Å²) in [5.41, 5.74) is 7.31. The van der Waals surface area contributed by atoms with E-state index in [1.165, 1.54) is 0 Å². The van der Waals surface area contributed by atoms with Crippen molar-refractivity contribution in [1.29, 1.82) is 0 Å². The van der Waals surface area contributed by atoms with Crippen molar-refractivity contribution in [2.45, 2.75) is 26.7 Å². The van der Waals surface area contributed by atoms with Gasteiger partial charge in [0.1, 0.15) is 0 Å². The van der Waals surface area contributed by atoms with Gasteiger partial charge in [0.25, 0.3) is 5.89 Å². The van der Waals surface area contributed by atoms with E-state index in [0.29, 0.717) is 17.5 Å². The minimum atomic E-state index is 0.537. The number of aromatic nitrogens is 2. The van der Waals surface area contributed by atoms with Crippen molar-refractivity contribution >= 4 is 21.6 Å². The molecule has 0 aliphatic carbocycles. The molecular weight excluding hydrogens is 294 g/mol. The predicted octanol–water partition coefficient (Wildman–Crippen LogP) is 3.67. The number of anilines is 1. The van der Waals surface area contributed by atoms with E-state index >= 15 is 0 Å². The number of rotatable bonds is 4. The number of halogens is 1. The summed E-state index contributed by atoms with van der Waals surface area (Å²) in [5.74, 6) is 1.93. The zero-order valence-corrected chi connectivity index (χ0v) is 12.1. The summed E-state index contributed by atoms with van der Waals surface area (Å²) in [6, 6.07) is 5.58. The highest BCUT2D eigenvalue weighted by molar-refractivity contribution is 9.10. The molecule has 0 amide bonds. The van der Waals surface area contributed by atoms with Crippen molar-refractivity contribution in [3.8, 4) is 11.5 Å². The lowest BCUT2D eigenvalue weighted by molar-refractivity contribution is 0.419. The van der Waals surface area contributed by atoms with E-state index in [1.54, 1.807) is 0 Å². The highest BCUT2D eigenvalue weighted by Gasteiger charge is 2.10. The second kappa shape index (κ2) is 5.52. The molecule has 2 aromatic rings. The fourth-order valence-electron chi connectivity index (χ4n) is 1.55. The monoisotopic (exact) mass is 309 g/mol. The van der Waals surface area contributed by atoms with Crippen LogP contribution < -0.4 is 5.73 Å². The molecule has 18 heavy (non-hydrogen) atoms. The Kier molecular flexibility index (Phi) is 4.01. The number of nitrogen functional groups attached to an aromatic ring is 1. The summed E-state index contributed by atoms with van der Waals surface area (Å²) in [6.07, 6.45) is 1.90. The molecule has 0 bridgehead atoms. The molecule has 0 radical (unpaired) electrons. The van der Waals surface area contributed by atoms with Crippen LogP contribution in [-0.4, -0.2) is 10.1 Å². The zero-order chi connectivity index (χ0) is 13.1. The van der Waals surface area contributed by atoms with Crippen LogP contribution in [0.4, 0.5) is 5.69 Å². The largest absolute Gasteiger partial charge is 0.398 e. The molecule has 2 rings (SSSR count). The molecular formula is C13H16BrN3O. The van der Waals surface area contributed by atoms with Crippen LogP contribution in [-0.2, 0) is 6.42 Å². The molecule has 0 saturated carbocycles. The van der Waals surface area contributed by atoms with Gasteiger partial charge in [0.15, 0.2) is 5.82 Å². The van der Waals surface area contributed by atoms with E-state index < -0.39 is 0 Å². The van der Waals surface area contributed by atoms with Gasteiger partial charge in [-0.2, -0.15) is 4.98 Å². The summed E-state index contributed by atoms with van der Waals surface area (Å²) in [5, 5.41) is 3.98. The maximum Gasteiger partial charge on any atom is 0.257 e. The molecule has 4 nitrogen and oxygen atoms in total. The fourth-order valence-corrected chi connectivity index (χ4v) is 1.93. The SMILES string of the molecule is CC(C)CCc1noc(-c2ccc(N)c(Br)c2)n1. The zero-order valence-electron chi connectivity index (χ0n) is 10.5. The maximum atomic E-state index is 5.74. The highest BCUT2D eigenvalue weighted by Crippen LogP contribution is 2.26. The Morgan fingerprint density at radius 1 is 1.39 bits per heavy atom. The van der Waals surface area contributed by atoms with Gasteiger partial charge in [-0.1, -0.05) is 19.0 Å². The lowest BCUT2D eigenvalue weighted by atomic mass is 10.1. The van der Waals surface area contributed by atoms with E-state index in [0.717, 1.165) is 28.7 Å². The molecule has 0 unspecified atom stereocenters. The standard InChI is InChI=1S/C13H16BrN3O/c1-8(2)3-6-12-16-13(18-17-12)9-4-5-11(15)10(14)7-9/h4-5,7-8H,3,6,15H2,1-2H3. The smallest absolute Gasteiger partial charge is 0.257 e. The van der Waals surface area contributed by atoms with Crippen molar-refractivity contribution < 1.29 is 4.52 Å². The van der Waals surface area contributed by atoms with Crippen LogP contribution in [0.2, 0.25) is 0 Å². The van der Waals surface area contributed by atoms with Gasteiger partial charge in [-0.15, -0.1) is 0 Å². The van der Waals surface area contributed by atoms with Crippen LogP contribution in [0, 0.1) is 5.92 Å². The van der Waals surface area contributed by atoms with Gasteiger partial charge in [0.2, 0.25) is 0 Å². The Morgan fingerprint density at radius 3 is 2.83 bits per heavy atom. The highest BCUT2D eigenvalue weighted by atomic mass is 79.9. The Labute approximate surface area is 115 Å². The Morgan fingerprint density at radius 2 is 2.17 bits per heavy atom. The molecule has 0 spiro atoms. The molecule has 0 aliphatic heterocycles. The first kappa shape index (κ1) is 13.1. The summed E-state index contributed by atoms with van der Waals surface area (Å²) < 4.78 is 6.09. The molecule has 1 aromatic heterocycles. The first-order valence-electron chi connectivity index (χ1n) is 5.94. The Bertz CT molecular complexity index is 537. The molecule has 2 N–H and O–H groups in total. The third-order valence-electron chi connectivity index (χ3n) is 2.66. The number of aryl methyl sites for hydroxylation is 1. The molecule has 5 heteroatoms. The van der Waals surface area contributed by atoms with Crippen molar-refractivity contribution in [3.05, 3.63) is 28.5 Å². The van der Waals surface area contributed by atoms with Crippen LogP contribution >= 0.6 is 15.9 Å². The lowest BCUT2D eigenvalue weighted by Gasteiger charge is -1.99. The second-order valence-electron chi connectivity index (χ2n) is 4.68. The van der Waals surface area contributed by atoms with Gasteiger partial charge in [0.05, 0.1) is 0 Å². The summed E-state index contributed by atoms with van der Waals surface area (Å²) in [4.78, 5) is 4.38. The number of benzene rings is 1. The summed E-state index contributed by atoms with van der Waals surface area (Å²) in [6.45, 7) is 4.36. The van der Waals surface area contributed by atoms with E-state index in [-0.39, 0.29) is 0 Å². The van der Waals surface area contributed by atoms with Gasteiger partial charge in [0, 0.05) is 22.1 Å². The summed E-state index contributed by atoms with van der Waals surface area (Å²) >= 11 is 3.39. The molecule has 0 saturated heterocycles. The van der Waals surface area contributed by atoms with E-state index in [9.17, 15) is 0 Å². The lowest BCUT2D eigenvalue weighted by Crippen LogP contribution is -1.94. The van der Waals surface area contributed by atoms with Crippen molar-refractivity contribution in [2.24, 2.45) is 5.92 Å². The molecule has 1 aromatic carbocycles. The third kappa shape index (κ3) is 3.10. The van der Waals surface area contributed by atoms with Crippen LogP contribution in [0.5, 0.6) is 0 Å². The van der Waals surface area contributed by atoms with E-state index in [4.69, 9.17) is 10.3 Å². The van der Waals surface area contributed by atoms with Crippen molar-refractivity contribution in [3.63, 3.8) is 0 Å². The van der Waals surface area contributed by atoms with Crippen molar-refractivity contribution in [2.75, 3.05) is 5.73 Å². The second-order valence-corrected chi connectivity index (χ2v) is 5.54. The predicted molar refractivity (Wildman–Crippen MR) is 75.0 cm³/mol. The number of nitrogens with zero attached hydrogens (tertiary/aromatic N) is 2. The fraction of sp³-hybridized carbons (Fsp3) is 0.385. The minimum Gasteiger partial charge on any atom is -0.398 e. The quantitative estimate of drug-likeness (QED) is 0.875. The molecule has 0 aliphatic rings. The molecule has 96 valence electrons. The van der Waals surface area contributed by atoms with E-state index in [2.05, 4.69) is 39.9 Å². The number of hydrogen-bond donors (Lipinski definition) is 1. The average molecular weight is 310 g/mol. The molecule has 1 heterocycles. The van der Waals surface area contributed by atoms with E-state index in [1.807, 2.05) is 18.2 Å². The Hall–Kier alpha value is -1.36. The number of nitrogens with two attached hydrogens (primary N) is 1. The van der Waals surface area contributed by atoms with Gasteiger partial charge in [-0.3, -0.25) is 0 Å².